The molecule has 10 heteroatoms. The molecule has 1 atom stereocenters. The van der Waals surface area contributed by atoms with Crippen molar-refractivity contribution in [2.45, 2.75) is 30.8 Å². The number of nitriles is 1. The lowest BCUT2D eigenvalue weighted by Crippen LogP contribution is -2.27. The second kappa shape index (κ2) is 8.92. The standard InChI is InChI=1S/C20H22N4O5S/c1-13-8-16(27-12-18(14-6-7-14)28-24-20(22)23)10-17(9-13)29-30(25,26)19-5-3-2-4-15(19)11-21/h2-5,8-10,14,18H,6-7,12H2,1H3,(H4,22,23,24). The van der Waals surface area contributed by atoms with Crippen molar-refractivity contribution in [1.29, 1.82) is 5.26 Å². The molecule has 1 saturated carbocycles. The molecule has 1 aliphatic carbocycles. The molecule has 0 heterocycles. The minimum Gasteiger partial charge on any atom is -0.489 e. The third kappa shape index (κ3) is 5.55. The van der Waals surface area contributed by atoms with Gasteiger partial charge in [0.1, 0.15) is 29.1 Å². The Hall–Kier alpha value is -3.45. The van der Waals surface area contributed by atoms with Crippen molar-refractivity contribution in [2.75, 3.05) is 6.61 Å². The summed E-state index contributed by atoms with van der Waals surface area (Å²) < 4.78 is 36.3. The zero-order valence-electron chi connectivity index (χ0n) is 16.3. The first-order valence-electron chi connectivity index (χ1n) is 9.21. The SMILES string of the molecule is Cc1cc(OCC(ON=C(N)N)C2CC2)cc(OS(=O)(=O)c2ccccc2C#N)c1. The van der Waals surface area contributed by atoms with E-state index in [2.05, 4.69) is 5.16 Å². The topological polar surface area (TPSA) is 150 Å². The molecule has 30 heavy (non-hydrogen) atoms. The van der Waals surface area contributed by atoms with Crippen LogP contribution < -0.4 is 20.4 Å². The molecule has 2 aromatic carbocycles. The van der Waals surface area contributed by atoms with Crippen LogP contribution in [0.15, 0.2) is 52.5 Å². The molecule has 2 aromatic rings. The smallest absolute Gasteiger partial charge is 0.340 e. The molecule has 1 fully saturated rings. The predicted molar refractivity (Wildman–Crippen MR) is 109 cm³/mol. The summed E-state index contributed by atoms with van der Waals surface area (Å²) in [6, 6.07) is 12.5. The molecule has 1 aliphatic rings. The molecular formula is C20H22N4O5S. The summed E-state index contributed by atoms with van der Waals surface area (Å²) in [4.78, 5) is 5.13. The van der Waals surface area contributed by atoms with E-state index in [1.165, 1.54) is 24.3 Å². The van der Waals surface area contributed by atoms with Crippen LogP contribution in [0.25, 0.3) is 0 Å². The molecule has 0 spiro atoms. The quantitative estimate of drug-likeness (QED) is 0.265. The fraction of sp³-hybridized carbons (Fsp3) is 0.300. The number of hydrogen-bond donors (Lipinski definition) is 2. The molecule has 0 bridgehead atoms. The number of ether oxygens (including phenoxy) is 1. The number of benzene rings is 2. The van der Waals surface area contributed by atoms with E-state index < -0.39 is 10.1 Å². The summed E-state index contributed by atoms with van der Waals surface area (Å²) in [5.74, 6) is 0.616. The predicted octanol–water partition coefficient (Wildman–Crippen LogP) is 2.00. The molecule has 1 unspecified atom stereocenters. The summed E-state index contributed by atoms with van der Waals surface area (Å²) in [7, 11) is -4.19. The highest BCUT2D eigenvalue weighted by Crippen LogP contribution is 2.35. The Morgan fingerprint density at radius 2 is 1.93 bits per heavy atom. The largest absolute Gasteiger partial charge is 0.489 e. The fourth-order valence-corrected chi connectivity index (χ4v) is 3.89. The highest BCUT2D eigenvalue weighted by molar-refractivity contribution is 7.87. The summed E-state index contributed by atoms with van der Waals surface area (Å²) in [6.45, 7) is 1.97. The highest BCUT2D eigenvalue weighted by Gasteiger charge is 2.34. The van der Waals surface area contributed by atoms with Crippen molar-refractivity contribution in [1.82, 2.24) is 0 Å². The van der Waals surface area contributed by atoms with Crippen LogP contribution in [-0.4, -0.2) is 27.1 Å². The maximum absolute atomic E-state index is 12.6. The van der Waals surface area contributed by atoms with E-state index >= 15 is 0 Å². The first kappa shape index (κ1) is 21.3. The summed E-state index contributed by atoms with van der Waals surface area (Å²) in [5.41, 5.74) is 11.3. The molecular weight excluding hydrogens is 408 g/mol. The van der Waals surface area contributed by atoms with E-state index in [9.17, 15) is 8.42 Å². The van der Waals surface area contributed by atoms with Crippen LogP contribution in [0.1, 0.15) is 24.0 Å². The monoisotopic (exact) mass is 430 g/mol. The Morgan fingerprint density at radius 3 is 2.60 bits per heavy atom. The van der Waals surface area contributed by atoms with E-state index in [0.717, 1.165) is 18.4 Å². The minimum atomic E-state index is -4.19. The van der Waals surface area contributed by atoms with Gasteiger partial charge in [0.15, 0.2) is 6.10 Å². The van der Waals surface area contributed by atoms with Crippen LogP contribution >= 0.6 is 0 Å². The Bertz CT molecular complexity index is 1090. The van der Waals surface area contributed by atoms with E-state index in [1.54, 1.807) is 25.1 Å². The zero-order valence-corrected chi connectivity index (χ0v) is 17.1. The molecule has 158 valence electrons. The highest BCUT2D eigenvalue weighted by atomic mass is 32.2. The maximum atomic E-state index is 12.6. The second-order valence-corrected chi connectivity index (χ2v) is 8.45. The van der Waals surface area contributed by atoms with Crippen LogP contribution in [0, 0.1) is 24.2 Å². The van der Waals surface area contributed by atoms with Crippen molar-refractivity contribution in [2.24, 2.45) is 22.5 Å². The first-order valence-corrected chi connectivity index (χ1v) is 10.6. The van der Waals surface area contributed by atoms with Gasteiger partial charge >= 0.3 is 10.1 Å². The average molecular weight is 430 g/mol. The van der Waals surface area contributed by atoms with Gasteiger partial charge in [0.25, 0.3) is 0 Å². The Balaban J connectivity index is 1.75. The zero-order chi connectivity index (χ0) is 21.7. The van der Waals surface area contributed by atoms with Gasteiger partial charge in [-0.15, -0.1) is 0 Å². The first-order chi connectivity index (χ1) is 14.3. The van der Waals surface area contributed by atoms with Gasteiger partial charge in [0.2, 0.25) is 5.96 Å². The van der Waals surface area contributed by atoms with Crippen molar-refractivity contribution in [3.63, 3.8) is 0 Å². The number of aryl methyl sites for hydroxylation is 1. The number of oxime groups is 1. The van der Waals surface area contributed by atoms with E-state index in [4.69, 9.17) is 30.5 Å². The van der Waals surface area contributed by atoms with Crippen LogP contribution in [0.4, 0.5) is 0 Å². The molecule has 9 nitrogen and oxygen atoms in total. The normalized spacial score (nSPS) is 14.3. The van der Waals surface area contributed by atoms with E-state index in [0.29, 0.717) is 11.7 Å². The number of guanidine groups is 1. The molecule has 0 amide bonds. The van der Waals surface area contributed by atoms with E-state index in [1.807, 2.05) is 6.07 Å². The van der Waals surface area contributed by atoms with Gasteiger partial charge < -0.3 is 25.2 Å². The summed E-state index contributed by atoms with van der Waals surface area (Å²) in [6.07, 6.45) is 1.67. The number of nitrogens with zero attached hydrogens (tertiary/aromatic N) is 2. The minimum absolute atomic E-state index is 0.00535. The Labute approximate surface area is 174 Å². The van der Waals surface area contributed by atoms with Crippen LogP contribution in [-0.2, 0) is 15.0 Å². The summed E-state index contributed by atoms with van der Waals surface area (Å²) in [5, 5.41) is 12.8. The van der Waals surface area contributed by atoms with Gasteiger partial charge in [-0.3, -0.25) is 0 Å². The number of nitrogens with two attached hydrogens (primary N) is 2. The van der Waals surface area contributed by atoms with Gasteiger partial charge in [-0.2, -0.15) is 13.7 Å². The van der Waals surface area contributed by atoms with Gasteiger partial charge in [-0.05, 0) is 54.8 Å². The Morgan fingerprint density at radius 1 is 1.23 bits per heavy atom. The van der Waals surface area contributed by atoms with Crippen LogP contribution in [0.3, 0.4) is 0 Å². The lowest BCUT2D eigenvalue weighted by Gasteiger charge is -2.16. The molecule has 3 rings (SSSR count). The summed E-state index contributed by atoms with van der Waals surface area (Å²) >= 11 is 0. The number of rotatable bonds is 9. The lowest BCUT2D eigenvalue weighted by atomic mass is 10.2. The molecule has 0 radical (unpaired) electrons. The third-order valence-electron chi connectivity index (χ3n) is 4.36. The average Bonchev–Trinajstić information content (AvgIpc) is 3.52. The fourth-order valence-electron chi connectivity index (χ4n) is 2.82. The lowest BCUT2D eigenvalue weighted by molar-refractivity contribution is 0.00961. The maximum Gasteiger partial charge on any atom is 0.340 e. The second-order valence-electron chi connectivity index (χ2n) is 6.94. The van der Waals surface area contributed by atoms with Gasteiger partial charge in [0, 0.05) is 12.0 Å². The van der Waals surface area contributed by atoms with Crippen molar-refractivity contribution in [3.05, 3.63) is 53.6 Å². The molecule has 4 N–H and O–H groups in total. The molecule has 0 aliphatic heterocycles. The number of hydrogen-bond acceptors (Lipinski definition) is 7. The third-order valence-corrected chi connectivity index (χ3v) is 5.67. The van der Waals surface area contributed by atoms with E-state index in [-0.39, 0.29) is 34.9 Å². The van der Waals surface area contributed by atoms with Gasteiger partial charge in [-0.1, -0.05) is 12.1 Å². The molecule has 0 saturated heterocycles. The van der Waals surface area contributed by atoms with Crippen molar-refractivity contribution in [3.8, 4) is 17.6 Å². The van der Waals surface area contributed by atoms with Gasteiger partial charge in [-0.25, -0.2) is 0 Å². The van der Waals surface area contributed by atoms with Crippen LogP contribution in [0.5, 0.6) is 11.5 Å². The van der Waals surface area contributed by atoms with Crippen molar-refractivity contribution >= 4 is 16.1 Å². The van der Waals surface area contributed by atoms with Gasteiger partial charge in [0.05, 0.1) is 5.56 Å². The van der Waals surface area contributed by atoms with Crippen molar-refractivity contribution < 1.29 is 22.2 Å². The van der Waals surface area contributed by atoms with Crippen LogP contribution in [0.2, 0.25) is 0 Å². The molecule has 0 aromatic heterocycles. The Kier molecular flexibility index (Phi) is 6.32.